The fourth-order valence-corrected chi connectivity index (χ4v) is 2.96. The van der Waals surface area contributed by atoms with E-state index in [9.17, 15) is 14.4 Å². The number of carbonyl (C=O) groups excluding carboxylic acids is 3. The van der Waals surface area contributed by atoms with Gasteiger partial charge < -0.3 is 23.7 Å². The first-order valence-electron chi connectivity index (χ1n) is 9.09. The van der Waals surface area contributed by atoms with Gasteiger partial charge in [-0.3, -0.25) is 9.59 Å². The van der Waals surface area contributed by atoms with Crippen LogP contribution in [-0.2, 0) is 14.3 Å². The number of benzene rings is 1. The van der Waals surface area contributed by atoms with Crippen molar-refractivity contribution >= 4 is 29.4 Å². The van der Waals surface area contributed by atoms with Gasteiger partial charge in [-0.25, -0.2) is 4.79 Å². The van der Waals surface area contributed by atoms with Gasteiger partial charge in [-0.1, -0.05) is 11.6 Å². The summed E-state index contributed by atoms with van der Waals surface area (Å²) >= 11 is 5.94. The average Bonchev–Trinajstić information content (AvgIpc) is 3.27. The molecule has 1 aliphatic heterocycles. The van der Waals surface area contributed by atoms with E-state index >= 15 is 0 Å². The van der Waals surface area contributed by atoms with Gasteiger partial charge in [-0.05, 0) is 42.8 Å². The van der Waals surface area contributed by atoms with Gasteiger partial charge >= 0.3 is 5.97 Å². The number of piperazine rings is 1. The smallest absolute Gasteiger partial charge is 0.344 e. The first kappa shape index (κ1) is 20.7. The number of hydrogen-bond acceptors (Lipinski definition) is 6. The van der Waals surface area contributed by atoms with Crippen LogP contribution in [0.2, 0.25) is 5.02 Å². The Bertz CT molecular complexity index is 875. The van der Waals surface area contributed by atoms with Crippen LogP contribution in [0.1, 0.15) is 16.1 Å². The Kier molecular flexibility index (Phi) is 6.77. The van der Waals surface area contributed by atoms with E-state index in [4.69, 9.17) is 25.5 Å². The molecule has 3 rings (SSSR count). The summed E-state index contributed by atoms with van der Waals surface area (Å²) in [7, 11) is 0. The first-order chi connectivity index (χ1) is 13.9. The van der Waals surface area contributed by atoms with E-state index < -0.39 is 5.97 Å². The van der Waals surface area contributed by atoms with E-state index in [0.29, 0.717) is 37.0 Å². The molecule has 0 saturated carbocycles. The van der Waals surface area contributed by atoms with Crippen molar-refractivity contribution in [3.8, 4) is 5.75 Å². The van der Waals surface area contributed by atoms with Crippen LogP contribution in [0, 0.1) is 6.92 Å². The summed E-state index contributed by atoms with van der Waals surface area (Å²) in [5.41, 5.74) is 0.831. The molecule has 1 fully saturated rings. The summed E-state index contributed by atoms with van der Waals surface area (Å²) in [5, 5.41) is 0.608. The molecule has 9 heteroatoms. The zero-order valence-corrected chi connectivity index (χ0v) is 16.7. The zero-order chi connectivity index (χ0) is 20.8. The highest BCUT2D eigenvalue weighted by molar-refractivity contribution is 6.31. The number of halogens is 1. The number of aryl methyl sites for hydroxylation is 1. The van der Waals surface area contributed by atoms with E-state index in [2.05, 4.69) is 0 Å². The Morgan fingerprint density at radius 3 is 2.45 bits per heavy atom. The summed E-state index contributed by atoms with van der Waals surface area (Å²) in [5.74, 6) is -0.395. The molecule has 29 heavy (non-hydrogen) atoms. The molecule has 1 aliphatic rings. The van der Waals surface area contributed by atoms with Crippen LogP contribution in [0.15, 0.2) is 41.0 Å². The second kappa shape index (κ2) is 9.47. The van der Waals surface area contributed by atoms with Crippen molar-refractivity contribution < 1.29 is 28.3 Å². The van der Waals surface area contributed by atoms with E-state index in [1.807, 2.05) is 6.92 Å². The maximum absolute atomic E-state index is 12.2. The van der Waals surface area contributed by atoms with Gasteiger partial charge in [0.2, 0.25) is 0 Å². The maximum Gasteiger partial charge on any atom is 0.344 e. The normalized spacial score (nSPS) is 13.9. The molecule has 0 radical (unpaired) electrons. The molecular weight excluding hydrogens is 400 g/mol. The minimum atomic E-state index is -0.641. The fourth-order valence-electron chi connectivity index (χ4n) is 2.84. The SMILES string of the molecule is Cc1cc(OCC(=O)OCC(=O)N2CCN(C(=O)c3ccco3)CC2)ccc1Cl. The first-order valence-corrected chi connectivity index (χ1v) is 9.47. The maximum atomic E-state index is 12.2. The van der Waals surface area contributed by atoms with Crippen LogP contribution in [0.5, 0.6) is 5.75 Å². The number of carbonyl (C=O) groups is 3. The molecular formula is C20H21ClN2O6. The van der Waals surface area contributed by atoms with E-state index in [-0.39, 0.29) is 30.8 Å². The third-order valence-corrected chi connectivity index (χ3v) is 4.92. The lowest BCUT2D eigenvalue weighted by atomic mass is 10.2. The Hall–Kier alpha value is -3.00. The van der Waals surface area contributed by atoms with Crippen molar-refractivity contribution in [2.45, 2.75) is 6.92 Å². The Morgan fingerprint density at radius 2 is 1.79 bits per heavy atom. The van der Waals surface area contributed by atoms with Gasteiger partial charge in [-0.2, -0.15) is 0 Å². The summed E-state index contributed by atoms with van der Waals surface area (Å²) in [6.07, 6.45) is 1.44. The monoisotopic (exact) mass is 420 g/mol. The van der Waals surface area contributed by atoms with Gasteiger partial charge in [0.25, 0.3) is 11.8 Å². The summed E-state index contributed by atoms with van der Waals surface area (Å²) in [6, 6.07) is 8.30. The number of nitrogens with zero attached hydrogens (tertiary/aromatic N) is 2. The molecule has 1 aromatic heterocycles. The summed E-state index contributed by atoms with van der Waals surface area (Å²) in [4.78, 5) is 39.5. The average molecular weight is 421 g/mol. The molecule has 0 bridgehead atoms. The number of amides is 2. The van der Waals surface area contributed by atoms with Crippen molar-refractivity contribution in [3.05, 3.63) is 52.9 Å². The minimum absolute atomic E-state index is 0.205. The van der Waals surface area contributed by atoms with E-state index in [1.54, 1.807) is 40.1 Å². The second-order valence-electron chi connectivity index (χ2n) is 6.51. The van der Waals surface area contributed by atoms with E-state index in [1.165, 1.54) is 6.26 Å². The number of rotatable bonds is 6. The van der Waals surface area contributed by atoms with Crippen molar-refractivity contribution in [1.29, 1.82) is 0 Å². The molecule has 0 atom stereocenters. The quantitative estimate of drug-likeness (QED) is 0.665. The third-order valence-electron chi connectivity index (χ3n) is 4.49. The predicted octanol–water partition coefficient (Wildman–Crippen LogP) is 2.15. The third kappa shape index (κ3) is 5.51. The lowest BCUT2D eigenvalue weighted by Gasteiger charge is -2.34. The predicted molar refractivity (Wildman–Crippen MR) is 104 cm³/mol. The Morgan fingerprint density at radius 1 is 1.07 bits per heavy atom. The minimum Gasteiger partial charge on any atom is -0.482 e. The number of esters is 1. The lowest BCUT2D eigenvalue weighted by Crippen LogP contribution is -2.51. The van der Waals surface area contributed by atoms with Gasteiger partial charge in [-0.15, -0.1) is 0 Å². The largest absolute Gasteiger partial charge is 0.482 e. The van der Waals surface area contributed by atoms with Gasteiger partial charge in [0.1, 0.15) is 5.75 Å². The molecule has 1 aromatic carbocycles. The standard InChI is InChI=1S/C20H21ClN2O6/c1-14-11-15(4-5-16(14)21)28-13-19(25)29-12-18(24)22-6-8-23(9-7-22)20(26)17-3-2-10-27-17/h2-5,10-11H,6-9,12-13H2,1H3. The molecule has 2 aromatic rings. The second-order valence-corrected chi connectivity index (χ2v) is 6.92. The van der Waals surface area contributed by atoms with Crippen molar-refractivity contribution in [1.82, 2.24) is 9.80 Å². The molecule has 0 unspecified atom stereocenters. The van der Waals surface area contributed by atoms with Crippen LogP contribution in [0.3, 0.4) is 0 Å². The van der Waals surface area contributed by atoms with Gasteiger partial charge in [0.15, 0.2) is 19.0 Å². The number of furan rings is 1. The summed E-state index contributed by atoms with van der Waals surface area (Å²) < 4.78 is 15.4. The molecule has 0 aliphatic carbocycles. The van der Waals surface area contributed by atoms with Crippen LogP contribution >= 0.6 is 11.6 Å². The lowest BCUT2D eigenvalue weighted by molar-refractivity contribution is -0.154. The van der Waals surface area contributed by atoms with Gasteiger partial charge in [0, 0.05) is 31.2 Å². The zero-order valence-electron chi connectivity index (χ0n) is 15.9. The molecule has 2 heterocycles. The van der Waals surface area contributed by atoms with Crippen LogP contribution < -0.4 is 4.74 Å². The highest BCUT2D eigenvalue weighted by Gasteiger charge is 2.26. The highest BCUT2D eigenvalue weighted by Crippen LogP contribution is 2.21. The Labute approximate surface area is 172 Å². The summed E-state index contributed by atoms with van der Waals surface area (Å²) in [6.45, 7) is 2.66. The molecule has 154 valence electrons. The van der Waals surface area contributed by atoms with Crippen LogP contribution in [0.25, 0.3) is 0 Å². The fraction of sp³-hybridized carbons (Fsp3) is 0.350. The van der Waals surface area contributed by atoms with Crippen molar-refractivity contribution in [3.63, 3.8) is 0 Å². The van der Waals surface area contributed by atoms with Crippen molar-refractivity contribution in [2.24, 2.45) is 0 Å². The van der Waals surface area contributed by atoms with Gasteiger partial charge in [0.05, 0.1) is 6.26 Å². The molecule has 1 saturated heterocycles. The number of hydrogen-bond donors (Lipinski definition) is 0. The van der Waals surface area contributed by atoms with Crippen LogP contribution in [0.4, 0.5) is 0 Å². The van der Waals surface area contributed by atoms with E-state index in [0.717, 1.165) is 5.56 Å². The highest BCUT2D eigenvalue weighted by atomic mass is 35.5. The Balaban J connectivity index is 1.37. The topological polar surface area (TPSA) is 89.3 Å². The molecule has 0 N–H and O–H groups in total. The molecule has 8 nitrogen and oxygen atoms in total. The molecule has 2 amide bonds. The van der Waals surface area contributed by atoms with Crippen molar-refractivity contribution in [2.75, 3.05) is 39.4 Å². The number of ether oxygens (including phenoxy) is 2. The van der Waals surface area contributed by atoms with Crippen LogP contribution in [-0.4, -0.2) is 67.0 Å². The molecule has 0 spiro atoms.